The van der Waals surface area contributed by atoms with Gasteiger partial charge in [-0.05, 0) is 68.1 Å². The van der Waals surface area contributed by atoms with Crippen LogP contribution in [0.25, 0.3) is 0 Å². The van der Waals surface area contributed by atoms with Crippen LogP contribution in [0.1, 0.15) is 120 Å². The van der Waals surface area contributed by atoms with Crippen molar-refractivity contribution in [3.63, 3.8) is 0 Å². The summed E-state index contributed by atoms with van der Waals surface area (Å²) in [5.41, 5.74) is -1.03. The molecule has 0 aromatic heterocycles. The molecular formula is C36H62N6O7. The Kier molecular flexibility index (Phi) is 14.3. The molecular weight excluding hydrogens is 628 g/mol. The quantitative estimate of drug-likeness (QED) is 0.163. The van der Waals surface area contributed by atoms with Crippen LogP contribution in [-0.2, 0) is 23.9 Å². The fourth-order valence-corrected chi connectivity index (χ4v) is 7.10. The second kappa shape index (κ2) is 17.5. The van der Waals surface area contributed by atoms with Gasteiger partial charge >= 0.3 is 12.1 Å². The Labute approximate surface area is 292 Å². The molecule has 1 aliphatic heterocycles. The maximum Gasteiger partial charge on any atom is 0.407 e. The third kappa shape index (κ3) is 11.1. The van der Waals surface area contributed by atoms with Crippen molar-refractivity contribution in [2.45, 2.75) is 150 Å². The molecule has 278 valence electrons. The molecule has 1 saturated heterocycles. The minimum Gasteiger partial charge on any atom is -0.447 e. The Bertz CT molecular complexity index is 1190. The lowest BCUT2D eigenvalue weighted by Crippen LogP contribution is -2.63. The first kappa shape index (κ1) is 40.1. The largest absolute Gasteiger partial charge is 0.447 e. The summed E-state index contributed by atoms with van der Waals surface area (Å²) in [4.78, 5) is 81.9. The Morgan fingerprint density at radius 3 is 2.12 bits per heavy atom. The molecule has 13 heteroatoms. The molecule has 49 heavy (non-hydrogen) atoms. The van der Waals surface area contributed by atoms with Gasteiger partial charge in [0.2, 0.25) is 17.6 Å². The number of nitrogens with zero attached hydrogens (tertiary/aromatic N) is 1. The van der Waals surface area contributed by atoms with E-state index in [1.807, 2.05) is 48.5 Å². The summed E-state index contributed by atoms with van der Waals surface area (Å²) in [5, 5.41) is 14.1. The molecule has 5 N–H and O–H groups in total. The van der Waals surface area contributed by atoms with E-state index in [1.54, 1.807) is 11.8 Å². The number of urea groups is 1. The number of alkyl carbamates (subject to hydrolysis) is 1. The van der Waals surface area contributed by atoms with Gasteiger partial charge in [-0.3, -0.25) is 19.2 Å². The number of ketones is 1. The van der Waals surface area contributed by atoms with Crippen molar-refractivity contribution in [3.8, 4) is 0 Å². The Morgan fingerprint density at radius 1 is 0.918 bits per heavy atom. The van der Waals surface area contributed by atoms with Crippen LogP contribution in [0.2, 0.25) is 0 Å². The highest BCUT2D eigenvalue weighted by Crippen LogP contribution is 2.41. The van der Waals surface area contributed by atoms with Crippen molar-refractivity contribution in [1.29, 1.82) is 0 Å². The minimum atomic E-state index is -0.992. The van der Waals surface area contributed by atoms with E-state index >= 15 is 0 Å². The highest BCUT2D eigenvalue weighted by molar-refractivity contribution is 6.38. The lowest BCUT2D eigenvalue weighted by Gasteiger charge is -2.43. The summed E-state index contributed by atoms with van der Waals surface area (Å²) in [7, 11) is 0. The molecule has 0 spiro atoms. The number of amides is 6. The summed E-state index contributed by atoms with van der Waals surface area (Å²) >= 11 is 0. The van der Waals surface area contributed by atoms with Gasteiger partial charge in [-0.2, -0.15) is 0 Å². The van der Waals surface area contributed by atoms with Crippen LogP contribution in [0, 0.1) is 22.7 Å². The first-order valence-corrected chi connectivity index (χ1v) is 18.5. The molecule has 2 aliphatic carbocycles. The normalized spacial score (nSPS) is 22.3. The van der Waals surface area contributed by atoms with Crippen LogP contribution >= 0.6 is 0 Å². The third-order valence-electron chi connectivity index (χ3n) is 10.5. The van der Waals surface area contributed by atoms with Gasteiger partial charge in [-0.25, -0.2) is 9.59 Å². The Hall–Kier alpha value is -3.38. The van der Waals surface area contributed by atoms with Crippen LogP contribution in [0.5, 0.6) is 0 Å². The third-order valence-corrected chi connectivity index (χ3v) is 10.5. The summed E-state index contributed by atoms with van der Waals surface area (Å²) in [6.07, 6.45) is 6.90. The van der Waals surface area contributed by atoms with Crippen LogP contribution in [0.4, 0.5) is 9.59 Å². The molecule has 3 fully saturated rings. The fourth-order valence-electron chi connectivity index (χ4n) is 7.10. The number of ether oxygens (including phenoxy) is 1. The van der Waals surface area contributed by atoms with Gasteiger partial charge in [-0.1, -0.05) is 74.1 Å². The fraction of sp³-hybridized carbons (Fsp3) is 0.833. The van der Waals surface area contributed by atoms with Crippen LogP contribution in [-0.4, -0.2) is 90.4 Å². The van der Waals surface area contributed by atoms with Gasteiger partial charge in [-0.15, -0.1) is 0 Å². The molecule has 2 saturated carbocycles. The first-order chi connectivity index (χ1) is 23.0. The number of Topliss-reactive ketones (excluding diaryl/α,β-unsaturated/α-hetero) is 1. The lowest BCUT2D eigenvalue weighted by atomic mass is 9.70. The van der Waals surface area contributed by atoms with E-state index in [1.165, 1.54) is 0 Å². The zero-order valence-corrected chi connectivity index (χ0v) is 31.0. The van der Waals surface area contributed by atoms with Gasteiger partial charge in [0.25, 0.3) is 5.91 Å². The minimum absolute atomic E-state index is 0.0113. The number of nitrogens with one attached hydrogen (secondary N) is 5. The van der Waals surface area contributed by atoms with Gasteiger partial charge in [0.1, 0.15) is 18.7 Å². The molecule has 0 radical (unpaired) electrons. The molecule has 0 aromatic carbocycles. The molecule has 1 heterocycles. The van der Waals surface area contributed by atoms with Crippen molar-refractivity contribution < 1.29 is 33.5 Å². The van der Waals surface area contributed by atoms with Crippen LogP contribution in [0.3, 0.4) is 0 Å². The highest BCUT2D eigenvalue weighted by atomic mass is 16.5. The smallest absolute Gasteiger partial charge is 0.407 e. The van der Waals surface area contributed by atoms with Crippen molar-refractivity contribution in [1.82, 2.24) is 31.5 Å². The predicted octanol–water partition coefficient (Wildman–Crippen LogP) is 3.79. The second-order valence-electron chi connectivity index (χ2n) is 15.9. The molecule has 13 nitrogen and oxygen atoms in total. The van der Waals surface area contributed by atoms with E-state index in [9.17, 15) is 28.8 Å². The van der Waals surface area contributed by atoms with Crippen LogP contribution < -0.4 is 26.6 Å². The van der Waals surface area contributed by atoms with Crippen molar-refractivity contribution in [3.05, 3.63) is 0 Å². The second-order valence-corrected chi connectivity index (χ2v) is 15.9. The lowest BCUT2D eigenvalue weighted by molar-refractivity contribution is -0.145. The molecule has 0 bridgehead atoms. The Balaban J connectivity index is 1.86. The number of hydrogen-bond acceptors (Lipinski definition) is 7. The molecule has 1 unspecified atom stereocenters. The first-order valence-electron chi connectivity index (χ1n) is 18.5. The highest BCUT2D eigenvalue weighted by Gasteiger charge is 2.50. The van der Waals surface area contributed by atoms with E-state index in [4.69, 9.17) is 4.74 Å². The van der Waals surface area contributed by atoms with E-state index in [2.05, 4.69) is 26.6 Å². The SMILES string of the molecule is CCCC(NC(=O)[C@@H]1[C@@H](C(C)C)CCN1C(=O)[C@@H](NC(=O)N[C@H](COC(=O)NCC)C(C)(C)C)C1(C)CCCCC1)C(=O)C(=O)NC1CC1. The van der Waals surface area contributed by atoms with Gasteiger partial charge in [0.05, 0.1) is 12.1 Å². The van der Waals surface area contributed by atoms with Crippen molar-refractivity contribution in [2.24, 2.45) is 22.7 Å². The van der Waals surface area contributed by atoms with E-state index in [0.717, 1.165) is 44.9 Å². The molecule has 3 aliphatic rings. The zero-order valence-electron chi connectivity index (χ0n) is 31.0. The number of rotatable bonds is 15. The molecule has 0 aromatic rings. The summed E-state index contributed by atoms with van der Waals surface area (Å²) in [6.45, 7) is 16.2. The number of carbonyl (C=O) groups is 6. The average molecular weight is 691 g/mol. The van der Waals surface area contributed by atoms with Gasteiger partial charge in [0.15, 0.2) is 0 Å². The van der Waals surface area contributed by atoms with E-state index in [-0.39, 0.29) is 30.4 Å². The summed E-state index contributed by atoms with van der Waals surface area (Å²) in [5.74, 6) is -2.26. The van der Waals surface area contributed by atoms with Crippen molar-refractivity contribution >= 4 is 35.6 Å². The molecule has 3 rings (SSSR count). The number of carbonyl (C=O) groups excluding carboxylic acids is 6. The van der Waals surface area contributed by atoms with Crippen LogP contribution in [0.15, 0.2) is 0 Å². The summed E-state index contributed by atoms with van der Waals surface area (Å²) in [6, 6.07) is -3.87. The monoisotopic (exact) mass is 690 g/mol. The Morgan fingerprint density at radius 2 is 1.57 bits per heavy atom. The maximum absolute atomic E-state index is 14.7. The average Bonchev–Trinajstić information content (AvgIpc) is 3.73. The van der Waals surface area contributed by atoms with Crippen molar-refractivity contribution in [2.75, 3.05) is 19.7 Å². The van der Waals surface area contributed by atoms with Gasteiger partial charge < -0.3 is 36.2 Å². The maximum atomic E-state index is 14.7. The van der Waals surface area contributed by atoms with Gasteiger partial charge in [0, 0.05) is 19.1 Å². The molecule has 5 atom stereocenters. The van der Waals surface area contributed by atoms with E-state index in [0.29, 0.717) is 32.4 Å². The standard InChI is InChI=1S/C36H62N6O7/c1-9-14-25(28(43)31(45)38-23-15-16-23)39-30(44)27-24(22(3)4)17-20-42(27)32(46)29(36(8)18-12-11-13-19-36)41-33(47)40-26(35(5,6)7)21-49-34(48)37-10-2/h22-27,29H,9-21H2,1-8H3,(H,37,48)(H,38,45)(H,39,44)(H2,40,41,47)/t24-,25?,26-,27+,29-/m1/s1. The number of hydrogen-bond donors (Lipinski definition) is 5. The predicted molar refractivity (Wildman–Crippen MR) is 186 cm³/mol. The number of likely N-dealkylation sites (tertiary alicyclic amines) is 1. The van der Waals surface area contributed by atoms with E-state index < -0.39 is 64.7 Å². The summed E-state index contributed by atoms with van der Waals surface area (Å²) < 4.78 is 5.36. The topological polar surface area (TPSA) is 175 Å². The zero-order chi connectivity index (χ0) is 36.5. The molecule has 6 amide bonds.